The quantitative estimate of drug-likeness (QED) is 0.698. The molecule has 0 amide bonds. The third kappa shape index (κ3) is 6.14. The summed E-state index contributed by atoms with van der Waals surface area (Å²) in [6.07, 6.45) is 0.691. The van der Waals surface area contributed by atoms with Gasteiger partial charge >= 0.3 is 5.97 Å². The van der Waals surface area contributed by atoms with Gasteiger partial charge in [-0.25, -0.2) is 13.1 Å². The van der Waals surface area contributed by atoms with Crippen molar-refractivity contribution in [3.8, 4) is 0 Å². The van der Waals surface area contributed by atoms with Crippen molar-refractivity contribution in [2.24, 2.45) is 0 Å². The smallest absolute Gasteiger partial charge is 0.321 e. The second kappa shape index (κ2) is 7.98. The lowest BCUT2D eigenvalue weighted by atomic mass is 10.1. The van der Waals surface area contributed by atoms with Crippen LogP contribution in [0.3, 0.4) is 0 Å². The van der Waals surface area contributed by atoms with Crippen LogP contribution in [-0.4, -0.2) is 45.0 Å². The third-order valence-electron chi connectivity index (χ3n) is 2.74. The summed E-state index contributed by atoms with van der Waals surface area (Å²) in [7, 11) is -2.26. The molecule has 0 aliphatic rings. The molecule has 0 aliphatic carbocycles. The van der Waals surface area contributed by atoms with Crippen molar-refractivity contribution in [3.05, 3.63) is 35.9 Å². The van der Waals surface area contributed by atoms with Crippen LogP contribution in [0.1, 0.15) is 12.0 Å². The molecule has 6 nitrogen and oxygen atoms in total. The average Bonchev–Trinajstić information content (AvgIpc) is 2.42. The van der Waals surface area contributed by atoms with E-state index in [9.17, 15) is 13.2 Å². The fourth-order valence-corrected chi connectivity index (χ4v) is 2.81. The number of nitrogens with one attached hydrogen (secondary N) is 1. The SMILES string of the molecule is COCCS(=O)(=O)N[C@@H](CCc1ccccc1)C(=O)O. The van der Waals surface area contributed by atoms with Gasteiger partial charge in [0.1, 0.15) is 6.04 Å². The van der Waals surface area contributed by atoms with Crippen molar-refractivity contribution in [2.45, 2.75) is 18.9 Å². The minimum atomic E-state index is -3.65. The van der Waals surface area contributed by atoms with Gasteiger partial charge in [-0.05, 0) is 18.4 Å². The van der Waals surface area contributed by atoms with Gasteiger partial charge < -0.3 is 9.84 Å². The van der Waals surface area contributed by atoms with E-state index in [4.69, 9.17) is 5.11 Å². The summed E-state index contributed by atoms with van der Waals surface area (Å²) in [5.74, 6) is -1.43. The molecule has 0 unspecified atom stereocenters. The summed E-state index contributed by atoms with van der Waals surface area (Å²) in [5, 5.41) is 9.08. The minimum Gasteiger partial charge on any atom is -0.480 e. The van der Waals surface area contributed by atoms with Crippen molar-refractivity contribution in [1.82, 2.24) is 4.72 Å². The van der Waals surface area contributed by atoms with Crippen molar-refractivity contribution in [3.63, 3.8) is 0 Å². The predicted octanol–water partition coefficient (Wildman–Crippen LogP) is 0.638. The van der Waals surface area contributed by atoms with E-state index in [2.05, 4.69) is 9.46 Å². The van der Waals surface area contributed by atoms with Gasteiger partial charge in [-0.15, -0.1) is 0 Å². The highest BCUT2D eigenvalue weighted by molar-refractivity contribution is 7.89. The van der Waals surface area contributed by atoms with Gasteiger partial charge in [-0.1, -0.05) is 30.3 Å². The van der Waals surface area contributed by atoms with Gasteiger partial charge in [0.25, 0.3) is 0 Å². The van der Waals surface area contributed by atoms with Gasteiger partial charge in [-0.2, -0.15) is 0 Å². The Morgan fingerprint density at radius 3 is 2.55 bits per heavy atom. The number of rotatable bonds is 9. The Morgan fingerprint density at radius 1 is 1.35 bits per heavy atom. The first-order chi connectivity index (χ1) is 9.44. The molecule has 1 aromatic carbocycles. The van der Waals surface area contributed by atoms with Crippen LogP contribution in [-0.2, 0) is 26.0 Å². The van der Waals surface area contributed by atoms with Crippen LogP contribution >= 0.6 is 0 Å². The van der Waals surface area contributed by atoms with E-state index in [1.165, 1.54) is 7.11 Å². The molecule has 0 fully saturated rings. The summed E-state index contributed by atoms with van der Waals surface area (Å²) in [5.41, 5.74) is 0.967. The summed E-state index contributed by atoms with van der Waals surface area (Å²) >= 11 is 0. The van der Waals surface area contributed by atoms with E-state index in [1.54, 1.807) is 0 Å². The van der Waals surface area contributed by atoms with Crippen LogP contribution in [0, 0.1) is 0 Å². The maximum atomic E-state index is 11.7. The van der Waals surface area contributed by atoms with Gasteiger partial charge in [0, 0.05) is 7.11 Å². The molecule has 112 valence electrons. The molecule has 2 N–H and O–H groups in total. The molecule has 0 saturated carbocycles. The number of carboxylic acid groups (broad SMARTS) is 1. The second-order valence-electron chi connectivity index (χ2n) is 4.34. The first kappa shape index (κ1) is 16.6. The summed E-state index contributed by atoms with van der Waals surface area (Å²) in [6.45, 7) is 0.0281. The summed E-state index contributed by atoms with van der Waals surface area (Å²) < 4.78 is 30.2. The van der Waals surface area contributed by atoms with Crippen LogP contribution in [0.5, 0.6) is 0 Å². The number of aliphatic carboxylic acids is 1. The normalized spacial score (nSPS) is 13.1. The summed E-state index contributed by atoms with van der Waals surface area (Å²) in [6, 6.07) is 8.20. The molecule has 0 heterocycles. The summed E-state index contributed by atoms with van der Waals surface area (Å²) in [4.78, 5) is 11.1. The molecular weight excluding hydrogens is 282 g/mol. The van der Waals surface area contributed by atoms with Crippen molar-refractivity contribution < 1.29 is 23.1 Å². The van der Waals surface area contributed by atoms with E-state index in [1.807, 2.05) is 30.3 Å². The van der Waals surface area contributed by atoms with E-state index >= 15 is 0 Å². The van der Waals surface area contributed by atoms with E-state index < -0.39 is 22.0 Å². The lowest BCUT2D eigenvalue weighted by molar-refractivity contribution is -0.139. The Labute approximate surface area is 118 Å². The number of hydrogen-bond donors (Lipinski definition) is 2. The molecule has 0 saturated heterocycles. The number of benzene rings is 1. The standard InChI is InChI=1S/C13H19NO5S/c1-19-9-10-20(17,18)14-12(13(15)16)8-7-11-5-3-2-4-6-11/h2-6,12,14H,7-10H2,1H3,(H,15,16)/t12-/m0/s1. The Morgan fingerprint density at radius 2 is 2.00 bits per heavy atom. The van der Waals surface area contributed by atoms with Crippen LogP contribution in [0.25, 0.3) is 0 Å². The Balaban J connectivity index is 2.59. The average molecular weight is 301 g/mol. The molecule has 1 aromatic rings. The van der Waals surface area contributed by atoms with E-state index in [0.29, 0.717) is 6.42 Å². The fourth-order valence-electron chi connectivity index (χ4n) is 1.66. The van der Waals surface area contributed by atoms with Crippen molar-refractivity contribution in [2.75, 3.05) is 19.5 Å². The van der Waals surface area contributed by atoms with Gasteiger partial charge in [0.15, 0.2) is 0 Å². The first-order valence-electron chi connectivity index (χ1n) is 6.20. The molecule has 0 spiro atoms. The molecule has 0 radical (unpaired) electrons. The molecule has 7 heteroatoms. The number of aryl methyl sites for hydroxylation is 1. The maximum Gasteiger partial charge on any atom is 0.321 e. The molecule has 0 aromatic heterocycles. The number of sulfonamides is 1. The van der Waals surface area contributed by atoms with Crippen LogP contribution < -0.4 is 4.72 Å². The Hall–Kier alpha value is -1.44. The molecular formula is C13H19NO5S. The second-order valence-corrected chi connectivity index (χ2v) is 6.22. The molecule has 20 heavy (non-hydrogen) atoms. The number of carboxylic acids is 1. The monoisotopic (exact) mass is 301 g/mol. The van der Waals surface area contributed by atoms with Gasteiger partial charge in [0.05, 0.1) is 12.4 Å². The van der Waals surface area contributed by atoms with Gasteiger partial charge in [-0.3, -0.25) is 4.79 Å². The highest BCUT2D eigenvalue weighted by atomic mass is 32.2. The van der Waals surface area contributed by atoms with Gasteiger partial charge in [0.2, 0.25) is 10.0 Å². The lowest BCUT2D eigenvalue weighted by Crippen LogP contribution is -2.42. The number of ether oxygens (including phenoxy) is 1. The molecule has 0 bridgehead atoms. The maximum absolute atomic E-state index is 11.7. The van der Waals surface area contributed by atoms with E-state index in [-0.39, 0.29) is 18.8 Å². The largest absolute Gasteiger partial charge is 0.480 e. The van der Waals surface area contributed by atoms with Crippen LogP contribution in [0.15, 0.2) is 30.3 Å². The van der Waals surface area contributed by atoms with Crippen molar-refractivity contribution >= 4 is 16.0 Å². The molecule has 0 aliphatic heterocycles. The highest BCUT2D eigenvalue weighted by Crippen LogP contribution is 2.06. The Bertz CT molecular complexity index is 515. The zero-order valence-electron chi connectivity index (χ0n) is 11.3. The molecule has 1 rings (SSSR count). The minimum absolute atomic E-state index is 0.0281. The lowest BCUT2D eigenvalue weighted by Gasteiger charge is -2.14. The highest BCUT2D eigenvalue weighted by Gasteiger charge is 2.23. The molecule has 1 atom stereocenters. The zero-order valence-corrected chi connectivity index (χ0v) is 12.1. The fraction of sp³-hybridized carbons (Fsp3) is 0.462. The van der Waals surface area contributed by atoms with E-state index in [0.717, 1.165) is 5.56 Å². The van der Waals surface area contributed by atoms with Crippen LogP contribution in [0.2, 0.25) is 0 Å². The predicted molar refractivity (Wildman–Crippen MR) is 75.0 cm³/mol. The van der Waals surface area contributed by atoms with Crippen molar-refractivity contribution in [1.29, 1.82) is 0 Å². The van der Waals surface area contributed by atoms with Crippen LogP contribution in [0.4, 0.5) is 0 Å². The zero-order chi connectivity index (χ0) is 15.0. The Kier molecular flexibility index (Phi) is 6.63. The first-order valence-corrected chi connectivity index (χ1v) is 7.85. The number of methoxy groups -OCH3 is 1. The third-order valence-corrected chi connectivity index (χ3v) is 4.09. The number of hydrogen-bond acceptors (Lipinski definition) is 4. The topological polar surface area (TPSA) is 92.7 Å². The number of carbonyl (C=O) groups is 1.